The fourth-order valence-electron chi connectivity index (χ4n) is 5.55. The number of benzene rings is 3. The fraction of sp³-hybridized carbons (Fsp3) is 0.324. The first-order valence-electron chi connectivity index (χ1n) is 15.5. The normalized spacial score (nSPS) is 12.7. The van der Waals surface area contributed by atoms with Crippen molar-refractivity contribution in [3.05, 3.63) is 107 Å². The van der Waals surface area contributed by atoms with Crippen LogP contribution in [0.2, 0.25) is 0 Å². The van der Waals surface area contributed by atoms with Crippen LogP contribution in [0.15, 0.2) is 90.3 Å². The second-order valence-corrected chi connectivity index (χ2v) is 10.9. The highest BCUT2D eigenvalue weighted by molar-refractivity contribution is 6.43. The highest BCUT2D eigenvalue weighted by Crippen LogP contribution is 2.39. The second-order valence-electron chi connectivity index (χ2n) is 10.9. The third-order valence-corrected chi connectivity index (χ3v) is 7.99. The van der Waals surface area contributed by atoms with Gasteiger partial charge in [0.25, 0.3) is 11.7 Å². The molecule has 0 atom stereocenters. The lowest BCUT2D eigenvalue weighted by atomic mass is 9.93. The fourth-order valence-corrected chi connectivity index (χ4v) is 5.55. The molecule has 3 aromatic rings. The Balaban J connectivity index is 1.73. The predicted octanol–water partition coefficient (Wildman–Crippen LogP) is 5.51. The average Bonchev–Trinajstić information content (AvgIpc) is 3.11. The molecule has 4 rings (SSSR count). The summed E-state index contributed by atoms with van der Waals surface area (Å²) in [5.41, 5.74) is 3.94. The number of ether oxygens (including phenoxy) is 3. The lowest BCUT2D eigenvalue weighted by molar-refractivity contribution is -0.124. The molecule has 0 fully saturated rings. The van der Waals surface area contributed by atoms with Gasteiger partial charge < -0.3 is 24.4 Å². The molecule has 9 nitrogen and oxygen atoms in total. The van der Waals surface area contributed by atoms with Crippen LogP contribution in [0.4, 0.5) is 0 Å². The van der Waals surface area contributed by atoms with Crippen molar-refractivity contribution in [2.45, 2.75) is 32.6 Å². The van der Waals surface area contributed by atoms with E-state index in [-0.39, 0.29) is 23.0 Å². The number of likely N-dealkylation sites (N-methyl/N-ethyl adjacent to an activating group) is 1. The zero-order chi connectivity index (χ0) is 33.1. The van der Waals surface area contributed by atoms with Crippen LogP contribution in [-0.2, 0) is 16.0 Å². The highest BCUT2D eigenvalue weighted by atomic mass is 16.5. The monoisotopic (exact) mass is 625 g/mol. The Kier molecular flexibility index (Phi) is 12.0. The molecule has 0 radical (unpaired) electrons. The number of nitrogens with one attached hydrogen (secondary N) is 1. The van der Waals surface area contributed by atoms with Crippen molar-refractivity contribution in [2.24, 2.45) is 0 Å². The Morgan fingerprint density at radius 3 is 2.09 bits per heavy atom. The van der Waals surface area contributed by atoms with Gasteiger partial charge in [0.2, 0.25) is 11.7 Å². The number of aryl methyl sites for hydroxylation is 1. The number of methoxy groups -OCH3 is 3. The number of nitrogens with zero attached hydrogens (tertiary/aromatic N) is 2. The highest BCUT2D eigenvalue weighted by Gasteiger charge is 2.32. The van der Waals surface area contributed by atoms with Crippen molar-refractivity contribution in [2.75, 3.05) is 48.0 Å². The molecule has 0 saturated heterocycles. The predicted molar refractivity (Wildman–Crippen MR) is 179 cm³/mol. The van der Waals surface area contributed by atoms with Gasteiger partial charge in [-0.3, -0.25) is 19.3 Å². The Labute approximate surface area is 271 Å². The molecule has 0 spiro atoms. The molecular weight excluding hydrogens is 582 g/mol. The third-order valence-electron chi connectivity index (χ3n) is 7.99. The minimum absolute atomic E-state index is 0.0692. The summed E-state index contributed by atoms with van der Waals surface area (Å²) in [5, 5.41) is 2.99. The molecule has 1 N–H and O–H groups in total. The van der Waals surface area contributed by atoms with E-state index in [2.05, 4.69) is 28.4 Å². The van der Waals surface area contributed by atoms with Gasteiger partial charge in [0.1, 0.15) is 5.82 Å². The van der Waals surface area contributed by atoms with E-state index in [4.69, 9.17) is 14.2 Å². The largest absolute Gasteiger partial charge is 0.493 e. The minimum atomic E-state index is -0.721. The van der Waals surface area contributed by atoms with Gasteiger partial charge in [0.05, 0.1) is 21.3 Å². The Morgan fingerprint density at radius 1 is 0.870 bits per heavy atom. The van der Waals surface area contributed by atoms with Gasteiger partial charge in [-0.25, -0.2) is 0 Å². The average molecular weight is 626 g/mol. The number of unbranched alkanes of at least 4 members (excludes halogenated alkanes) is 1. The van der Waals surface area contributed by atoms with Crippen LogP contribution < -0.4 is 19.5 Å². The standard InChI is InChI=1S/C37H43N3O6/c1-6-32(41)38-25-28-20-22-40(21-14-13-17-26-15-9-7-10-16-26)36(33(28)27-18-11-8-12-19-27)39(2)37(43)34(42)29-23-30(44-3)35(46-5)31(24-29)45-4/h7-12,15-16,18-20,23-24H,6,13-14,17,21-22,25H2,1-5H3,(H,38,41). The number of carbonyl (C=O) groups excluding carboxylic acids is 3. The van der Waals surface area contributed by atoms with E-state index >= 15 is 0 Å². The first kappa shape index (κ1) is 33.8. The van der Waals surface area contributed by atoms with E-state index in [1.807, 2.05) is 55.5 Å². The van der Waals surface area contributed by atoms with Crippen molar-refractivity contribution in [3.63, 3.8) is 0 Å². The van der Waals surface area contributed by atoms with Crippen molar-refractivity contribution >= 4 is 23.2 Å². The maximum Gasteiger partial charge on any atom is 0.300 e. The Bertz CT molecular complexity index is 1560. The zero-order valence-corrected chi connectivity index (χ0v) is 27.3. The third kappa shape index (κ3) is 7.96. The Hall–Kier alpha value is -5.05. The zero-order valence-electron chi connectivity index (χ0n) is 27.3. The first-order chi connectivity index (χ1) is 22.3. The van der Waals surface area contributed by atoms with Crippen LogP contribution in [0.5, 0.6) is 17.2 Å². The number of rotatable bonds is 15. The summed E-state index contributed by atoms with van der Waals surface area (Å²) in [6, 6.07) is 23.1. The van der Waals surface area contributed by atoms with Gasteiger partial charge in [0.15, 0.2) is 11.5 Å². The summed E-state index contributed by atoms with van der Waals surface area (Å²) in [6.07, 6.45) is 5.23. The van der Waals surface area contributed by atoms with Crippen LogP contribution in [0.1, 0.15) is 47.7 Å². The van der Waals surface area contributed by atoms with Crippen LogP contribution in [0.25, 0.3) is 5.57 Å². The number of ketones is 1. The minimum Gasteiger partial charge on any atom is -0.493 e. The lowest BCUT2D eigenvalue weighted by Crippen LogP contribution is -2.43. The number of hydrogen-bond acceptors (Lipinski definition) is 7. The lowest BCUT2D eigenvalue weighted by Gasteiger charge is -2.38. The number of hydrogen-bond donors (Lipinski definition) is 1. The SMILES string of the molecule is CCC(=O)NCC1=CCN(CCCCc2ccccc2)C(N(C)C(=O)C(=O)c2cc(OC)c(OC)c(OC)c2)=C1c1ccccc1. The van der Waals surface area contributed by atoms with E-state index in [1.54, 1.807) is 7.05 Å². The van der Waals surface area contributed by atoms with Crippen molar-refractivity contribution in [3.8, 4) is 17.2 Å². The molecule has 1 heterocycles. The number of amides is 2. The van der Waals surface area contributed by atoms with Gasteiger partial charge in [-0.15, -0.1) is 0 Å². The van der Waals surface area contributed by atoms with Gasteiger partial charge >= 0.3 is 0 Å². The van der Waals surface area contributed by atoms with E-state index in [9.17, 15) is 14.4 Å². The summed E-state index contributed by atoms with van der Waals surface area (Å²) < 4.78 is 16.3. The van der Waals surface area contributed by atoms with Crippen LogP contribution in [0, 0.1) is 0 Å². The summed E-state index contributed by atoms with van der Waals surface area (Å²) in [5.74, 6) is -0.0137. The first-order valence-corrected chi connectivity index (χ1v) is 15.5. The topological polar surface area (TPSA) is 97.4 Å². The van der Waals surface area contributed by atoms with Gasteiger partial charge in [-0.2, -0.15) is 0 Å². The molecule has 1 aliphatic heterocycles. The van der Waals surface area contributed by atoms with E-state index < -0.39 is 11.7 Å². The molecule has 0 aliphatic carbocycles. The van der Waals surface area contributed by atoms with Gasteiger partial charge in [-0.1, -0.05) is 73.7 Å². The maximum absolute atomic E-state index is 14.1. The van der Waals surface area contributed by atoms with E-state index in [0.717, 1.165) is 36.0 Å². The van der Waals surface area contributed by atoms with Gasteiger partial charge in [-0.05, 0) is 48.1 Å². The number of Topliss-reactive ketones (excluding diaryl/α,β-unsaturated/α-hetero) is 1. The molecule has 242 valence electrons. The molecule has 1 aliphatic rings. The number of carbonyl (C=O) groups is 3. The molecule has 3 aromatic carbocycles. The summed E-state index contributed by atoms with van der Waals surface area (Å²) in [4.78, 5) is 43.7. The molecule has 46 heavy (non-hydrogen) atoms. The molecule has 2 amide bonds. The summed E-state index contributed by atoms with van der Waals surface area (Å²) >= 11 is 0. The summed E-state index contributed by atoms with van der Waals surface area (Å²) in [7, 11) is 6.02. The van der Waals surface area contributed by atoms with E-state index in [0.29, 0.717) is 37.6 Å². The van der Waals surface area contributed by atoms with Gasteiger partial charge in [0, 0.05) is 44.2 Å². The molecule has 9 heteroatoms. The molecule has 0 unspecified atom stereocenters. The molecular formula is C37H43N3O6. The van der Waals surface area contributed by atoms with Crippen LogP contribution in [-0.4, -0.2) is 75.4 Å². The van der Waals surface area contributed by atoms with Crippen molar-refractivity contribution in [1.29, 1.82) is 0 Å². The maximum atomic E-state index is 14.1. The molecule has 0 aromatic heterocycles. The van der Waals surface area contributed by atoms with Crippen LogP contribution in [0.3, 0.4) is 0 Å². The smallest absolute Gasteiger partial charge is 0.300 e. The Morgan fingerprint density at radius 2 is 1.50 bits per heavy atom. The van der Waals surface area contributed by atoms with Crippen molar-refractivity contribution in [1.82, 2.24) is 15.1 Å². The summed E-state index contributed by atoms with van der Waals surface area (Å²) in [6.45, 7) is 3.29. The molecule has 0 saturated carbocycles. The molecule has 0 bridgehead atoms. The van der Waals surface area contributed by atoms with Crippen molar-refractivity contribution < 1.29 is 28.6 Å². The van der Waals surface area contributed by atoms with E-state index in [1.165, 1.54) is 43.9 Å². The second kappa shape index (κ2) is 16.3. The van der Waals surface area contributed by atoms with Crippen LogP contribution >= 0.6 is 0 Å². The quantitative estimate of drug-likeness (QED) is 0.135.